The van der Waals surface area contributed by atoms with Crippen LogP contribution in [0.2, 0.25) is 0 Å². The quantitative estimate of drug-likeness (QED) is 0.774. The molecule has 0 bridgehead atoms. The van der Waals surface area contributed by atoms with Gasteiger partial charge in [-0.3, -0.25) is 9.59 Å². The number of ether oxygens (including phenoxy) is 2. The van der Waals surface area contributed by atoms with Gasteiger partial charge < -0.3 is 18.8 Å². The molecule has 0 radical (unpaired) electrons. The Morgan fingerprint density at radius 1 is 1.42 bits per heavy atom. The summed E-state index contributed by atoms with van der Waals surface area (Å²) in [5.41, 5.74) is -0.264. The highest BCUT2D eigenvalue weighted by Crippen LogP contribution is 2.39. The first-order valence-electron chi connectivity index (χ1n) is 8.78. The molecule has 2 aliphatic rings. The average molecular weight is 335 g/mol. The van der Waals surface area contributed by atoms with Gasteiger partial charge in [0, 0.05) is 13.0 Å². The number of hydrogen-bond donors (Lipinski definition) is 0. The van der Waals surface area contributed by atoms with Crippen LogP contribution in [0.3, 0.4) is 0 Å². The van der Waals surface area contributed by atoms with Crippen LogP contribution in [0.25, 0.3) is 0 Å². The van der Waals surface area contributed by atoms with E-state index in [-0.39, 0.29) is 23.6 Å². The molecule has 2 atom stereocenters. The number of carbonyl (C=O) groups excluding carboxylic acids is 2. The van der Waals surface area contributed by atoms with Gasteiger partial charge in [0.25, 0.3) is 5.91 Å². The molecule has 0 aliphatic carbocycles. The Morgan fingerprint density at radius 2 is 2.29 bits per heavy atom. The van der Waals surface area contributed by atoms with Crippen molar-refractivity contribution in [3.05, 3.63) is 24.2 Å². The predicted molar refractivity (Wildman–Crippen MR) is 86.6 cm³/mol. The van der Waals surface area contributed by atoms with Crippen molar-refractivity contribution in [1.29, 1.82) is 0 Å². The third kappa shape index (κ3) is 3.80. The second-order valence-electron chi connectivity index (χ2n) is 6.61. The van der Waals surface area contributed by atoms with E-state index in [1.807, 2.05) is 11.8 Å². The number of esters is 1. The van der Waals surface area contributed by atoms with Crippen LogP contribution >= 0.6 is 0 Å². The predicted octanol–water partition coefficient (Wildman–Crippen LogP) is 2.78. The summed E-state index contributed by atoms with van der Waals surface area (Å²) in [5, 5.41) is 0. The van der Waals surface area contributed by atoms with Crippen molar-refractivity contribution in [2.45, 2.75) is 57.2 Å². The highest BCUT2D eigenvalue weighted by Gasteiger charge is 2.44. The van der Waals surface area contributed by atoms with E-state index >= 15 is 0 Å². The Labute approximate surface area is 142 Å². The van der Waals surface area contributed by atoms with Crippen LogP contribution in [0.15, 0.2) is 22.8 Å². The maximum Gasteiger partial charge on any atom is 0.305 e. The fourth-order valence-corrected chi connectivity index (χ4v) is 3.74. The summed E-state index contributed by atoms with van der Waals surface area (Å²) in [6.07, 6.45) is 6.43. The number of hydrogen-bond acceptors (Lipinski definition) is 5. The lowest BCUT2D eigenvalue weighted by atomic mass is 9.89. The van der Waals surface area contributed by atoms with Crippen LogP contribution in [-0.4, -0.2) is 48.2 Å². The number of piperidine rings is 1. The maximum absolute atomic E-state index is 12.5. The number of rotatable bonds is 5. The van der Waals surface area contributed by atoms with Gasteiger partial charge in [-0.15, -0.1) is 0 Å². The van der Waals surface area contributed by atoms with Gasteiger partial charge in [0.15, 0.2) is 5.76 Å². The van der Waals surface area contributed by atoms with Crippen molar-refractivity contribution in [3.8, 4) is 0 Å². The Hall–Kier alpha value is -1.82. The van der Waals surface area contributed by atoms with Gasteiger partial charge in [-0.1, -0.05) is 0 Å². The molecule has 1 aromatic heterocycles. The smallest absolute Gasteiger partial charge is 0.305 e. The summed E-state index contributed by atoms with van der Waals surface area (Å²) in [6.45, 7) is 3.56. The van der Waals surface area contributed by atoms with E-state index in [9.17, 15) is 9.59 Å². The molecule has 2 aliphatic heterocycles. The lowest BCUT2D eigenvalue weighted by Crippen LogP contribution is -2.50. The highest BCUT2D eigenvalue weighted by molar-refractivity contribution is 5.91. The normalized spacial score (nSPS) is 26.7. The SMILES string of the molecule is CCOC(=O)CC[C@H]1CC[C@]2(CCCN(C(=O)c3ccco3)C2)O1. The standard InChI is InChI=1S/C18H25NO5/c1-2-22-16(20)7-6-14-8-10-18(24-14)9-4-11-19(13-18)17(21)15-5-3-12-23-15/h3,5,12,14H,2,4,6-11,13H2,1H3/t14-,18-/m0/s1. The Morgan fingerprint density at radius 3 is 3.04 bits per heavy atom. The summed E-state index contributed by atoms with van der Waals surface area (Å²) in [4.78, 5) is 25.8. The molecule has 2 fully saturated rings. The van der Waals surface area contributed by atoms with Gasteiger partial charge in [-0.2, -0.15) is 0 Å². The zero-order valence-electron chi connectivity index (χ0n) is 14.2. The van der Waals surface area contributed by atoms with E-state index in [2.05, 4.69) is 0 Å². The fraction of sp³-hybridized carbons (Fsp3) is 0.667. The highest BCUT2D eigenvalue weighted by atomic mass is 16.5. The van der Waals surface area contributed by atoms with Crippen LogP contribution < -0.4 is 0 Å². The molecule has 24 heavy (non-hydrogen) atoms. The van der Waals surface area contributed by atoms with E-state index in [0.717, 1.165) is 32.2 Å². The van der Waals surface area contributed by atoms with E-state index in [4.69, 9.17) is 13.9 Å². The largest absolute Gasteiger partial charge is 0.466 e. The van der Waals surface area contributed by atoms with E-state index in [1.54, 1.807) is 12.1 Å². The van der Waals surface area contributed by atoms with Gasteiger partial charge in [-0.25, -0.2) is 0 Å². The van der Waals surface area contributed by atoms with Crippen LogP contribution in [0.5, 0.6) is 0 Å². The molecule has 3 heterocycles. The lowest BCUT2D eigenvalue weighted by Gasteiger charge is -2.40. The summed E-state index contributed by atoms with van der Waals surface area (Å²) >= 11 is 0. The van der Waals surface area contributed by atoms with E-state index in [1.165, 1.54) is 6.26 Å². The molecule has 0 N–H and O–H groups in total. The molecule has 0 saturated carbocycles. The lowest BCUT2D eigenvalue weighted by molar-refractivity contribution is -0.144. The fourth-order valence-electron chi connectivity index (χ4n) is 3.74. The molecule has 3 rings (SSSR count). The number of nitrogens with zero attached hydrogens (tertiary/aromatic N) is 1. The maximum atomic E-state index is 12.5. The molecule has 132 valence electrons. The van der Waals surface area contributed by atoms with Crippen molar-refractivity contribution in [1.82, 2.24) is 4.90 Å². The monoisotopic (exact) mass is 335 g/mol. The molecule has 0 aromatic carbocycles. The first-order valence-corrected chi connectivity index (χ1v) is 8.78. The summed E-state index contributed by atoms with van der Waals surface area (Å²) in [7, 11) is 0. The molecule has 6 heteroatoms. The summed E-state index contributed by atoms with van der Waals surface area (Å²) in [5.74, 6) is 0.141. The number of furan rings is 1. The molecule has 6 nitrogen and oxygen atoms in total. The zero-order chi connectivity index (χ0) is 17.0. The first-order chi connectivity index (χ1) is 11.6. The molecule has 1 amide bonds. The topological polar surface area (TPSA) is 69.0 Å². The Kier molecular flexibility index (Phi) is 5.23. The minimum Gasteiger partial charge on any atom is -0.466 e. The third-order valence-electron chi connectivity index (χ3n) is 4.87. The van der Waals surface area contributed by atoms with Gasteiger partial charge in [0.05, 0.1) is 31.1 Å². The van der Waals surface area contributed by atoms with E-state index in [0.29, 0.717) is 31.8 Å². The van der Waals surface area contributed by atoms with Crippen molar-refractivity contribution >= 4 is 11.9 Å². The number of likely N-dealkylation sites (tertiary alicyclic amines) is 1. The molecule has 2 saturated heterocycles. The molecular weight excluding hydrogens is 310 g/mol. The Bertz CT molecular complexity index is 570. The van der Waals surface area contributed by atoms with Gasteiger partial charge in [-0.05, 0) is 51.2 Å². The van der Waals surface area contributed by atoms with Crippen molar-refractivity contribution in [2.75, 3.05) is 19.7 Å². The zero-order valence-corrected chi connectivity index (χ0v) is 14.2. The molecular formula is C18H25NO5. The van der Waals surface area contributed by atoms with Crippen molar-refractivity contribution < 1.29 is 23.5 Å². The average Bonchev–Trinajstić information content (AvgIpc) is 3.23. The van der Waals surface area contributed by atoms with Crippen molar-refractivity contribution in [2.24, 2.45) is 0 Å². The molecule has 1 spiro atoms. The first kappa shape index (κ1) is 17.0. The molecule has 1 aromatic rings. The summed E-state index contributed by atoms with van der Waals surface area (Å²) in [6, 6.07) is 3.42. The van der Waals surface area contributed by atoms with Crippen LogP contribution in [0.4, 0.5) is 0 Å². The Balaban J connectivity index is 1.54. The minimum absolute atomic E-state index is 0.0716. The van der Waals surface area contributed by atoms with Crippen LogP contribution in [0.1, 0.15) is 56.0 Å². The third-order valence-corrected chi connectivity index (χ3v) is 4.87. The van der Waals surface area contributed by atoms with Crippen molar-refractivity contribution in [3.63, 3.8) is 0 Å². The number of amides is 1. The minimum atomic E-state index is -0.264. The number of carbonyl (C=O) groups is 2. The van der Waals surface area contributed by atoms with Gasteiger partial charge in [0.2, 0.25) is 0 Å². The van der Waals surface area contributed by atoms with Crippen LogP contribution in [0, 0.1) is 0 Å². The van der Waals surface area contributed by atoms with Gasteiger partial charge in [0.1, 0.15) is 0 Å². The van der Waals surface area contributed by atoms with Crippen LogP contribution in [-0.2, 0) is 14.3 Å². The van der Waals surface area contributed by atoms with Gasteiger partial charge >= 0.3 is 5.97 Å². The second kappa shape index (κ2) is 7.38. The molecule has 0 unspecified atom stereocenters. The van der Waals surface area contributed by atoms with E-state index < -0.39 is 0 Å². The second-order valence-corrected chi connectivity index (χ2v) is 6.61. The summed E-state index contributed by atoms with van der Waals surface area (Å²) < 4.78 is 16.5.